The third-order valence-electron chi connectivity index (χ3n) is 1.99. The van der Waals surface area contributed by atoms with Gasteiger partial charge in [-0.05, 0) is 18.6 Å². The molecule has 0 saturated carbocycles. The summed E-state index contributed by atoms with van der Waals surface area (Å²) in [7, 11) is 0. The fraction of sp³-hybridized carbons (Fsp3) is 0.273. The van der Waals surface area contributed by atoms with Crippen molar-refractivity contribution in [1.29, 1.82) is 0 Å². The van der Waals surface area contributed by atoms with Gasteiger partial charge < -0.3 is 4.74 Å². The number of nitrogens with one attached hydrogen (secondary N) is 1. The van der Waals surface area contributed by atoms with Crippen LogP contribution in [0.3, 0.4) is 0 Å². The topological polar surface area (TPSA) is 50.8 Å². The number of hydrogen-bond acceptors (Lipinski definition) is 4. The predicted octanol–water partition coefficient (Wildman–Crippen LogP) is 2.71. The van der Waals surface area contributed by atoms with Crippen LogP contribution in [0.2, 0.25) is 0 Å². The zero-order valence-corrected chi connectivity index (χ0v) is 9.78. The summed E-state index contributed by atoms with van der Waals surface area (Å²) < 4.78 is 5.82. The molecule has 16 heavy (non-hydrogen) atoms. The van der Waals surface area contributed by atoms with Crippen molar-refractivity contribution >= 4 is 11.8 Å². The maximum atomic E-state index is 5.82. The summed E-state index contributed by atoms with van der Waals surface area (Å²) in [6.07, 6.45) is 2.61. The minimum atomic E-state index is 0.0625. The van der Waals surface area contributed by atoms with Gasteiger partial charge in [0.05, 0.1) is 6.20 Å². The van der Waals surface area contributed by atoms with Gasteiger partial charge in [-0.25, -0.2) is 0 Å². The highest BCUT2D eigenvalue weighted by Crippen LogP contribution is 2.25. The quantitative estimate of drug-likeness (QED) is 0.639. The van der Waals surface area contributed by atoms with E-state index in [1.54, 1.807) is 18.0 Å². The molecule has 2 rings (SSSR count). The van der Waals surface area contributed by atoms with Crippen LogP contribution in [0, 0.1) is 0 Å². The number of rotatable bonds is 5. The first-order chi connectivity index (χ1) is 7.88. The summed E-state index contributed by atoms with van der Waals surface area (Å²) in [5, 5.41) is 11.2. The van der Waals surface area contributed by atoms with Crippen molar-refractivity contribution in [1.82, 2.24) is 15.4 Å². The van der Waals surface area contributed by atoms with E-state index in [1.807, 2.05) is 30.3 Å². The summed E-state index contributed by atoms with van der Waals surface area (Å²) in [5.41, 5.74) is 0.0625. The maximum Gasteiger partial charge on any atom is 0.150 e. The van der Waals surface area contributed by atoms with Gasteiger partial charge in [0.25, 0.3) is 0 Å². The van der Waals surface area contributed by atoms with Gasteiger partial charge in [0.15, 0.2) is 0 Å². The van der Waals surface area contributed by atoms with Crippen molar-refractivity contribution in [2.45, 2.75) is 23.8 Å². The number of benzene rings is 1. The Bertz CT molecular complexity index is 404. The van der Waals surface area contributed by atoms with Crippen LogP contribution < -0.4 is 4.74 Å². The van der Waals surface area contributed by atoms with Gasteiger partial charge in [0.2, 0.25) is 0 Å². The molecule has 0 bridgehead atoms. The van der Waals surface area contributed by atoms with Gasteiger partial charge in [-0.1, -0.05) is 36.9 Å². The van der Waals surface area contributed by atoms with E-state index in [2.05, 4.69) is 22.3 Å². The van der Waals surface area contributed by atoms with Gasteiger partial charge in [-0.15, -0.1) is 5.10 Å². The molecule has 0 spiro atoms. The zero-order chi connectivity index (χ0) is 11.2. The van der Waals surface area contributed by atoms with Crippen LogP contribution in [0.5, 0.6) is 5.75 Å². The Morgan fingerprint density at radius 2 is 2.19 bits per heavy atom. The number of para-hydroxylation sites is 1. The highest BCUT2D eigenvalue weighted by molar-refractivity contribution is 7.99. The molecular formula is C11H13N3OS. The van der Waals surface area contributed by atoms with E-state index in [1.165, 1.54) is 0 Å². The van der Waals surface area contributed by atoms with Gasteiger partial charge in [0.1, 0.15) is 16.2 Å². The fourth-order valence-electron chi connectivity index (χ4n) is 1.22. The molecule has 1 aromatic carbocycles. The van der Waals surface area contributed by atoms with Crippen LogP contribution in [-0.2, 0) is 0 Å². The molecule has 1 atom stereocenters. The van der Waals surface area contributed by atoms with Crippen LogP contribution in [0.25, 0.3) is 0 Å². The Hall–Kier alpha value is -1.49. The molecule has 0 aliphatic carbocycles. The standard InChI is InChI=1S/C11H13N3OS/c1-2-11(16-10-8-12-14-13-10)15-9-6-4-3-5-7-9/h3-8,11H,2H2,1H3,(H,12,13,14). The van der Waals surface area contributed by atoms with Crippen molar-refractivity contribution in [3.63, 3.8) is 0 Å². The average Bonchev–Trinajstić information content (AvgIpc) is 2.82. The predicted molar refractivity (Wildman–Crippen MR) is 63.4 cm³/mol. The summed E-state index contributed by atoms with van der Waals surface area (Å²) in [5.74, 6) is 0.880. The summed E-state index contributed by atoms with van der Waals surface area (Å²) in [4.78, 5) is 0. The molecule has 84 valence electrons. The maximum absolute atomic E-state index is 5.82. The highest BCUT2D eigenvalue weighted by Gasteiger charge is 2.11. The molecule has 4 nitrogen and oxygen atoms in total. The molecule has 2 aromatic rings. The Morgan fingerprint density at radius 3 is 2.81 bits per heavy atom. The average molecular weight is 235 g/mol. The normalized spacial score (nSPS) is 12.3. The second kappa shape index (κ2) is 5.55. The monoisotopic (exact) mass is 235 g/mol. The number of aromatic amines is 1. The summed E-state index contributed by atoms with van der Waals surface area (Å²) >= 11 is 1.56. The van der Waals surface area contributed by atoms with E-state index in [0.717, 1.165) is 17.2 Å². The largest absolute Gasteiger partial charge is 0.479 e. The van der Waals surface area contributed by atoms with Crippen molar-refractivity contribution in [3.05, 3.63) is 36.5 Å². The van der Waals surface area contributed by atoms with Gasteiger partial charge in [0, 0.05) is 0 Å². The van der Waals surface area contributed by atoms with Crippen LogP contribution in [0.1, 0.15) is 13.3 Å². The lowest BCUT2D eigenvalue weighted by Crippen LogP contribution is -2.10. The molecule has 0 amide bonds. The molecule has 0 aliphatic rings. The van der Waals surface area contributed by atoms with Crippen molar-refractivity contribution in [2.75, 3.05) is 0 Å². The number of thioether (sulfide) groups is 1. The Kier molecular flexibility index (Phi) is 3.82. The van der Waals surface area contributed by atoms with Crippen LogP contribution >= 0.6 is 11.8 Å². The van der Waals surface area contributed by atoms with E-state index in [4.69, 9.17) is 4.74 Å². The van der Waals surface area contributed by atoms with Crippen molar-refractivity contribution < 1.29 is 4.74 Å². The first kappa shape index (κ1) is 11.0. The number of nitrogens with zero attached hydrogens (tertiary/aromatic N) is 2. The lowest BCUT2D eigenvalue weighted by molar-refractivity contribution is 0.283. The summed E-state index contributed by atoms with van der Waals surface area (Å²) in [6, 6.07) is 9.79. The lowest BCUT2D eigenvalue weighted by Gasteiger charge is -2.15. The smallest absolute Gasteiger partial charge is 0.150 e. The Balaban J connectivity index is 1.96. The molecule has 1 N–H and O–H groups in total. The minimum Gasteiger partial charge on any atom is -0.479 e. The lowest BCUT2D eigenvalue weighted by atomic mass is 10.3. The fourth-order valence-corrected chi connectivity index (χ4v) is 2.03. The van der Waals surface area contributed by atoms with Gasteiger partial charge in [-0.2, -0.15) is 10.3 Å². The number of H-pyrrole nitrogens is 1. The molecule has 0 radical (unpaired) electrons. The van der Waals surface area contributed by atoms with Crippen molar-refractivity contribution in [2.24, 2.45) is 0 Å². The second-order valence-electron chi connectivity index (χ2n) is 3.19. The Morgan fingerprint density at radius 1 is 1.38 bits per heavy atom. The number of aromatic nitrogens is 3. The molecule has 1 unspecified atom stereocenters. The SMILES string of the molecule is CCC(Oc1ccccc1)Sc1cn[nH]n1. The first-order valence-corrected chi connectivity index (χ1v) is 6.00. The zero-order valence-electron chi connectivity index (χ0n) is 8.96. The number of hydrogen-bond donors (Lipinski definition) is 1. The molecule has 1 heterocycles. The third-order valence-corrected chi connectivity index (χ3v) is 3.12. The molecule has 0 fully saturated rings. The first-order valence-electron chi connectivity index (χ1n) is 5.12. The van der Waals surface area contributed by atoms with E-state index >= 15 is 0 Å². The van der Waals surface area contributed by atoms with E-state index in [-0.39, 0.29) is 5.44 Å². The summed E-state index contributed by atoms with van der Waals surface area (Å²) in [6.45, 7) is 2.08. The number of ether oxygens (including phenoxy) is 1. The van der Waals surface area contributed by atoms with Gasteiger partial charge >= 0.3 is 0 Å². The third kappa shape index (κ3) is 3.00. The second-order valence-corrected chi connectivity index (χ2v) is 4.37. The van der Waals surface area contributed by atoms with Crippen molar-refractivity contribution in [3.8, 4) is 5.75 Å². The van der Waals surface area contributed by atoms with Crippen LogP contribution in [-0.4, -0.2) is 20.8 Å². The molecule has 5 heteroatoms. The highest BCUT2D eigenvalue weighted by atomic mass is 32.2. The van der Waals surface area contributed by atoms with Gasteiger partial charge in [-0.3, -0.25) is 0 Å². The molecule has 0 aliphatic heterocycles. The Labute approximate surface area is 98.4 Å². The minimum absolute atomic E-state index is 0.0625. The molecule has 1 aromatic heterocycles. The molecule has 0 saturated heterocycles. The van der Waals surface area contributed by atoms with Crippen LogP contribution in [0.4, 0.5) is 0 Å². The van der Waals surface area contributed by atoms with E-state index in [9.17, 15) is 0 Å². The van der Waals surface area contributed by atoms with E-state index < -0.39 is 0 Å². The molecular weight excluding hydrogens is 222 g/mol. The van der Waals surface area contributed by atoms with E-state index in [0.29, 0.717) is 0 Å². The van der Waals surface area contributed by atoms with Crippen LogP contribution in [0.15, 0.2) is 41.6 Å².